The Bertz CT molecular complexity index is 1200. The largest absolute Gasteiger partial charge is 0.441 e. The number of alkyl halides is 6. The third kappa shape index (κ3) is 5.48. The zero-order valence-corrected chi connectivity index (χ0v) is 18.9. The molecule has 1 fully saturated rings. The van der Waals surface area contributed by atoms with E-state index in [0.717, 1.165) is 11.3 Å². The van der Waals surface area contributed by atoms with Crippen LogP contribution in [0.15, 0.2) is 53.1 Å². The Morgan fingerprint density at radius 2 is 1.50 bits per heavy atom. The average Bonchev–Trinajstić information content (AvgIpc) is 3.28. The predicted molar refractivity (Wildman–Crippen MR) is 117 cm³/mol. The second kappa shape index (κ2) is 9.49. The van der Waals surface area contributed by atoms with Crippen molar-refractivity contribution in [3.63, 3.8) is 0 Å². The summed E-state index contributed by atoms with van der Waals surface area (Å²) in [5.41, 5.74) is -2.25. The molecule has 0 radical (unpaired) electrons. The van der Waals surface area contributed by atoms with Crippen molar-refractivity contribution in [3.8, 4) is 11.3 Å². The molecule has 1 aliphatic rings. The van der Waals surface area contributed by atoms with Crippen molar-refractivity contribution >= 4 is 11.6 Å². The van der Waals surface area contributed by atoms with Crippen LogP contribution in [0.25, 0.3) is 11.3 Å². The minimum absolute atomic E-state index is 0.0473. The van der Waals surface area contributed by atoms with Crippen LogP contribution in [-0.2, 0) is 17.1 Å². The van der Waals surface area contributed by atoms with Crippen molar-refractivity contribution in [1.29, 1.82) is 0 Å². The second-order valence-electron chi connectivity index (χ2n) is 8.34. The van der Waals surface area contributed by atoms with Crippen LogP contribution in [-0.4, -0.2) is 47.1 Å². The molecule has 4 rings (SSSR count). The Hall–Kier alpha value is -3.54. The van der Waals surface area contributed by atoms with Gasteiger partial charge in [-0.3, -0.25) is 4.79 Å². The molecule has 1 unspecified atom stereocenters. The number of oxazole rings is 1. The maximum atomic E-state index is 13.1. The topological polar surface area (TPSA) is 69.8 Å². The van der Waals surface area contributed by atoms with Gasteiger partial charge in [-0.1, -0.05) is 0 Å². The van der Waals surface area contributed by atoms with E-state index in [1.807, 2.05) is 29.2 Å². The number of hydrogen-bond donors (Lipinski definition) is 1. The highest BCUT2D eigenvalue weighted by atomic mass is 19.4. The van der Waals surface area contributed by atoms with Gasteiger partial charge in [0.1, 0.15) is 0 Å². The van der Waals surface area contributed by atoms with E-state index >= 15 is 0 Å². The van der Waals surface area contributed by atoms with Gasteiger partial charge in [0.25, 0.3) is 5.91 Å². The Morgan fingerprint density at radius 3 is 1.97 bits per heavy atom. The highest BCUT2D eigenvalue weighted by Crippen LogP contribution is 2.38. The third-order valence-electron chi connectivity index (χ3n) is 5.89. The van der Waals surface area contributed by atoms with Gasteiger partial charge in [-0.2, -0.15) is 26.3 Å². The minimum atomic E-state index is -5.08. The lowest BCUT2D eigenvalue weighted by atomic mass is 10.00. The van der Waals surface area contributed by atoms with Crippen LogP contribution in [0.4, 0.5) is 32.0 Å². The number of nitrogens with zero attached hydrogens (tertiary/aromatic N) is 3. The number of anilines is 1. The maximum Gasteiger partial charge on any atom is 0.416 e. The molecule has 0 saturated carbocycles. The molecule has 1 N–H and O–H groups in total. The average molecular weight is 513 g/mol. The van der Waals surface area contributed by atoms with Gasteiger partial charge in [0.15, 0.2) is 17.8 Å². The Morgan fingerprint density at radius 1 is 0.944 bits per heavy atom. The van der Waals surface area contributed by atoms with E-state index in [0.29, 0.717) is 36.9 Å². The predicted octanol–water partition coefficient (Wildman–Crippen LogP) is 5.07. The van der Waals surface area contributed by atoms with E-state index in [4.69, 9.17) is 4.42 Å². The molecule has 1 aliphatic heterocycles. The van der Waals surface area contributed by atoms with Crippen molar-refractivity contribution in [3.05, 3.63) is 71.2 Å². The van der Waals surface area contributed by atoms with Crippen LogP contribution in [0.2, 0.25) is 0 Å². The zero-order valence-electron chi connectivity index (χ0n) is 18.9. The van der Waals surface area contributed by atoms with Gasteiger partial charge in [0.05, 0.1) is 17.3 Å². The first-order chi connectivity index (χ1) is 16.8. The number of halogens is 6. The van der Waals surface area contributed by atoms with Crippen molar-refractivity contribution in [2.24, 2.45) is 0 Å². The maximum absolute atomic E-state index is 13.1. The van der Waals surface area contributed by atoms with Crippen molar-refractivity contribution in [1.82, 2.24) is 9.88 Å². The number of amides is 1. The smallest absolute Gasteiger partial charge is 0.416 e. The quantitative estimate of drug-likeness (QED) is 0.494. The van der Waals surface area contributed by atoms with Crippen LogP contribution in [0.5, 0.6) is 0 Å². The van der Waals surface area contributed by atoms with Gasteiger partial charge in [0, 0.05) is 44.4 Å². The number of rotatable bonds is 4. The molecule has 192 valence electrons. The summed E-state index contributed by atoms with van der Waals surface area (Å²) in [7, 11) is 0. The molecule has 36 heavy (non-hydrogen) atoms. The molecule has 3 aromatic rings. The van der Waals surface area contributed by atoms with Crippen LogP contribution in [0, 0.1) is 6.92 Å². The molecule has 2 aromatic carbocycles. The van der Waals surface area contributed by atoms with Gasteiger partial charge >= 0.3 is 12.4 Å². The third-order valence-corrected chi connectivity index (χ3v) is 5.89. The molecule has 12 heteroatoms. The molecule has 6 nitrogen and oxygen atoms in total. The summed E-state index contributed by atoms with van der Waals surface area (Å²) in [6, 6.07) is 8.11. The highest BCUT2D eigenvalue weighted by Gasteiger charge is 2.38. The van der Waals surface area contributed by atoms with Crippen molar-refractivity contribution < 1.29 is 40.7 Å². The molecule has 1 amide bonds. The number of aryl methyl sites for hydroxylation is 1. The number of hydrogen-bond acceptors (Lipinski definition) is 5. The lowest BCUT2D eigenvalue weighted by molar-refractivity contribution is -0.145. The van der Waals surface area contributed by atoms with Crippen LogP contribution in [0.1, 0.15) is 28.7 Å². The Kier molecular flexibility index (Phi) is 6.74. The van der Waals surface area contributed by atoms with E-state index < -0.39 is 41.1 Å². The lowest BCUT2D eigenvalue weighted by Crippen LogP contribution is -2.50. The Labute approximate surface area is 201 Å². The normalized spacial score (nSPS) is 15.8. The van der Waals surface area contributed by atoms with Gasteiger partial charge in [0.2, 0.25) is 0 Å². The first kappa shape index (κ1) is 25.5. The van der Waals surface area contributed by atoms with Gasteiger partial charge in [-0.25, -0.2) is 4.98 Å². The first-order valence-corrected chi connectivity index (χ1v) is 10.9. The Balaban J connectivity index is 1.44. The molecular weight excluding hydrogens is 492 g/mol. The van der Waals surface area contributed by atoms with E-state index in [1.165, 1.54) is 4.90 Å². The number of aromatic nitrogens is 1. The monoisotopic (exact) mass is 513 g/mol. The molecule has 0 bridgehead atoms. The second-order valence-corrected chi connectivity index (χ2v) is 8.34. The molecule has 1 aromatic heterocycles. The summed E-state index contributed by atoms with van der Waals surface area (Å²) in [5, 5.41) is 10.4. The van der Waals surface area contributed by atoms with Crippen LogP contribution >= 0.6 is 0 Å². The van der Waals surface area contributed by atoms with E-state index in [-0.39, 0.29) is 19.2 Å². The SMILES string of the molecule is Cc1ncc(-c2ccc(N3CCN(C(=O)C(O)c4cc(C(F)(F)F)cc(C(F)(F)F)c4)CC3)cc2)o1. The molecular formula is C24H21F6N3O3. The fourth-order valence-corrected chi connectivity index (χ4v) is 3.97. The summed E-state index contributed by atoms with van der Waals surface area (Å²) in [6.45, 7) is 2.71. The first-order valence-electron chi connectivity index (χ1n) is 10.9. The summed E-state index contributed by atoms with van der Waals surface area (Å²) >= 11 is 0. The molecule has 0 aliphatic carbocycles. The number of aliphatic hydroxyl groups is 1. The number of piperazine rings is 1. The number of benzene rings is 2. The zero-order chi connectivity index (χ0) is 26.3. The summed E-state index contributed by atoms with van der Waals surface area (Å²) in [5.74, 6) is 0.196. The number of aliphatic hydroxyl groups excluding tert-OH is 1. The van der Waals surface area contributed by atoms with Crippen LogP contribution < -0.4 is 4.90 Å². The van der Waals surface area contributed by atoms with E-state index in [9.17, 15) is 36.2 Å². The number of carbonyl (C=O) groups excluding carboxylic acids is 1. The standard InChI is InChI=1S/C24H21F6N3O3/c1-14-31-13-20(36-14)15-2-4-19(5-3-15)32-6-8-33(9-7-32)22(35)21(34)16-10-17(23(25,26)27)12-18(11-16)24(28,29)30/h2-5,10-13,21,34H,6-9H2,1H3. The lowest BCUT2D eigenvalue weighted by Gasteiger charge is -2.37. The molecule has 2 heterocycles. The summed E-state index contributed by atoms with van der Waals surface area (Å²) < 4.78 is 84.2. The highest BCUT2D eigenvalue weighted by molar-refractivity contribution is 5.82. The van der Waals surface area contributed by atoms with Gasteiger partial charge in [-0.05, 0) is 48.0 Å². The molecule has 1 atom stereocenters. The van der Waals surface area contributed by atoms with Gasteiger partial charge < -0.3 is 19.3 Å². The summed E-state index contributed by atoms with van der Waals surface area (Å²) in [6.07, 6.45) is -10.7. The minimum Gasteiger partial charge on any atom is -0.441 e. The van der Waals surface area contributed by atoms with Gasteiger partial charge in [-0.15, -0.1) is 0 Å². The van der Waals surface area contributed by atoms with Crippen LogP contribution in [0.3, 0.4) is 0 Å². The molecule has 0 spiro atoms. The fraction of sp³-hybridized carbons (Fsp3) is 0.333. The van der Waals surface area contributed by atoms with E-state index in [2.05, 4.69) is 4.98 Å². The molecule has 1 saturated heterocycles. The fourth-order valence-electron chi connectivity index (χ4n) is 3.97. The number of carbonyl (C=O) groups is 1. The van der Waals surface area contributed by atoms with Crippen molar-refractivity contribution in [2.75, 3.05) is 31.1 Å². The van der Waals surface area contributed by atoms with E-state index in [1.54, 1.807) is 13.1 Å². The summed E-state index contributed by atoms with van der Waals surface area (Å²) in [4.78, 5) is 20.0. The van der Waals surface area contributed by atoms with Crippen molar-refractivity contribution in [2.45, 2.75) is 25.4 Å².